The minimum atomic E-state index is -0.487. The Morgan fingerprint density at radius 2 is 1.76 bits per heavy atom. The number of piperazine rings is 1. The number of aliphatic hydroxyl groups is 1. The Bertz CT molecular complexity index is 718. The first kappa shape index (κ1) is 21.6. The Hall–Kier alpha value is -2.15. The number of rotatable bonds is 10. The third-order valence-corrected chi connectivity index (χ3v) is 5.15. The molecule has 29 heavy (non-hydrogen) atoms. The van der Waals surface area contributed by atoms with Crippen molar-refractivity contribution in [2.24, 2.45) is 0 Å². The van der Waals surface area contributed by atoms with E-state index in [9.17, 15) is 5.11 Å². The minimum Gasteiger partial charge on any atom is -0.491 e. The normalized spacial score (nSPS) is 16.2. The number of β-amino-alcohol motifs (C(OH)–C–C–N with tert-alkyl or cyclic N) is 1. The number of pyridine rings is 1. The molecule has 1 atom stereocenters. The fourth-order valence-electron chi connectivity index (χ4n) is 3.57. The van der Waals surface area contributed by atoms with E-state index < -0.39 is 6.10 Å². The topological polar surface area (TPSA) is 58.1 Å². The van der Waals surface area contributed by atoms with E-state index in [1.165, 1.54) is 5.56 Å². The van der Waals surface area contributed by atoms with E-state index in [0.717, 1.165) is 37.7 Å². The van der Waals surface area contributed by atoms with Crippen molar-refractivity contribution in [1.29, 1.82) is 0 Å². The zero-order chi connectivity index (χ0) is 20.5. The van der Waals surface area contributed by atoms with Gasteiger partial charge in [-0.2, -0.15) is 0 Å². The van der Waals surface area contributed by atoms with Crippen LogP contribution in [0.3, 0.4) is 0 Å². The van der Waals surface area contributed by atoms with Gasteiger partial charge in [0.25, 0.3) is 0 Å². The second-order valence-electron chi connectivity index (χ2n) is 7.75. The van der Waals surface area contributed by atoms with E-state index in [1.54, 1.807) is 0 Å². The Morgan fingerprint density at radius 1 is 1.00 bits per heavy atom. The van der Waals surface area contributed by atoms with Gasteiger partial charge in [0, 0.05) is 38.9 Å². The molecule has 1 aliphatic rings. The standard InChI is InChI=1S/C23H33N3O3/c1-19(2)21-7-3-4-8-22(21)29-16-15-28-18-20(27)17-25-11-13-26(14-12-25)23-9-5-6-10-24-23/h3-10,19-20,27H,11-18H2,1-2H3/t20-/m1/s1. The lowest BCUT2D eigenvalue weighted by atomic mass is 10.0. The zero-order valence-electron chi connectivity index (χ0n) is 17.5. The largest absolute Gasteiger partial charge is 0.491 e. The number of hydrogen-bond acceptors (Lipinski definition) is 6. The summed E-state index contributed by atoms with van der Waals surface area (Å²) in [5.74, 6) is 2.36. The third-order valence-electron chi connectivity index (χ3n) is 5.15. The number of nitrogens with zero attached hydrogens (tertiary/aromatic N) is 3. The summed E-state index contributed by atoms with van der Waals surface area (Å²) in [6.45, 7) is 9.92. The molecule has 6 heteroatoms. The van der Waals surface area contributed by atoms with Gasteiger partial charge in [0.05, 0.1) is 19.3 Å². The second-order valence-corrected chi connectivity index (χ2v) is 7.75. The molecule has 0 bridgehead atoms. The first-order chi connectivity index (χ1) is 14.1. The summed E-state index contributed by atoms with van der Waals surface area (Å²) in [5, 5.41) is 10.3. The summed E-state index contributed by atoms with van der Waals surface area (Å²) in [6, 6.07) is 14.1. The Balaban J connectivity index is 1.29. The SMILES string of the molecule is CC(C)c1ccccc1OCCOC[C@H](O)CN1CCN(c2ccccn2)CC1. The van der Waals surface area contributed by atoms with Crippen LogP contribution >= 0.6 is 0 Å². The number of para-hydroxylation sites is 1. The molecule has 0 unspecified atom stereocenters. The van der Waals surface area contributed by atoms with Crippen molar-refractivity contribution >= 4 is 5.82 Å². The van der Waals surface area contributed by atoms with Gasteiger partial charge in [0.15, 0.2) is 0 Å². The third kappa shape index (κ3) is 6.70. The molecule has 0 amide bonds. The van der Waals surface area contributed by atoms with Gasteiger partial charge >= 0.3 is 0 Å². The summed E-state index contributed by atoms with van der Waals surface area (Å²) >= 11 is 0. The number of anilines is 1. The van der Waals surface area contributed by atoms with Crippen molar-refractivity contribution in [2.45, 2.75) is 25.9 Å². The predicted molar refractivity (Wildman–Crippen MR) is 116 cm³/mol. The Kier molecular flexibility index (Phi) is 8.28. The highest BCUT2D eigenvalue weighted by molar-refractivity contribution is 5.38. The molecule has 158 valence electrons. The highest BCUT2D eigenvalue weighted by Crippen LogP contribution is 2.25. The smallest absolute Gasteiger partial charge is 0.128 e. The lowest BCUT2D eigenvalue weighted by molar-refractivity contribution is 0.00708. The molecule has 2 heterocycles. The Morgan fingerprint density at radius 3 is 2.48 bits per heavy atom. The van der Waals surface area contributed by atoms with Gasteiger partial charge in [0.1, 0.15) is 18.2 Å². The molecule has 1 aromatic heterocycles. The van der Waals surface area contributed by atoms with Crippen molar-refractivity contribution in [3.8, 4) is 5.75 Å². The molecule has 1 fully saturated rings. The molecule has 6 nitrogen and oxygen atoms in total. The molecule has 1 aliphatic heterocycles. The van der Waals surface area contributed by atoms with E-state index in [-0.39, 0.29) is 0 Å². The maximum absolute atomic E-state index is 10.3. The van der Waals surface area contributed by atoms with Crippen LogP contribution in [0.25, 0.3) is 0 Å². The molecule has 0 radical (unpaired) electrons. The van der Waals surface area contributed by atoms with E-state index >= 15 is 0 Å². The summed E-state index contributed by atoms with van der Waals surface area (Å²) in [6.07, 6.45) is 1.34. The predicted octanol–water partition coefficient (Wildman–Crippen LogP) is 2.78. The fraction of sp³-hybridized carbons (Fsp3) is 0.522. The van der Waals surface area contributed by atoms with Gasteiger partial charge in [-0.05, 0) is 29.7 Å². The molecule has 1 saturated heterocycles. The van der Waals surface area contributed by atoms with Crippen LogP contribution in [0.15, 0.2) is 48.7 Å². The van der Waals surface area contributed by atoms with Crippen LogP contribution in [-0.4, -0.2) is 73.6 Å². The van der Waals surface area contributed by atoms with Crippen LogP contribution in [0.4, 0.5) is 5.82 Å². The van der Waals surface area contributed by atoms with Gasteiger partial charge < -0.3 is 19.5 Å². The Labute approximate surface area is 174 Å². The lowest BCUT2D eigenvalue weighted by Gasteiger charge is -2.36. The quantitative estimate of drug-likeness (QED) is 0.620. The molecule has 2 aromatic rings. The molecule has 1 aromatic carbocycles. The van der Waals surface area contributed by atoms with Gasteiger partial charge in [-0.15, -0.1) is 0 Å². The van der Waals surface area contributed by atoms with Gasteiger partial charge in [0.2, 0.25) is 0 Å². The van der Waals surface area contributed by atoms with Crippen LogP contribution in [-0.2, 0) is 4.74 Å². The van der Waals surface area contributed by atoms with Crippen molar-refractivity contribution in [3.63, 3.8) is 0 Å². The van der Waals surface area contributed by atoms with E-state index in [0.29, 0.717) is 32.3 Å². The summed E-state index contributed by atoms with van der Waals surface area (Å²) < 4.78 is 11.5. The number of aliphatic hydroxyl groups excluding tert-OH is 1. The van der Waals surface area contributed by atoms with Crippen LogP contribution in [0, 0.1) is 0 Å². The molecule has 0 saturated carbocycles. The van der Waals surface area contributed by atoms with E-state index in [2.05, 4.69) is 34.7 Å². The lowest BCUT2D eigenvalue weighted by Crippen LogP contribution is -2.49. The number of ether oxygens (including phenoxy) is 2. The summed E-state index contributed by atoms with van der Waals surface area (Å²) in [4.78, 5) is 8.97. The molecular formula is C23H33N3O3. The monoisotopic (exact) mass is 399 g/mol. The van der Waals surface area contributed by atoms with Crippen molar-refractivity contribution in [2.75, 3.05) is 57.4 Å². The fourth-order valence-corrected chi connectivity index (χ4v) is 3.57. The van der Waals surface area contributed by atoms with Gasteiger partial charge in [-0.1, -0.05) is 38.1 Å². The molecule has 3 rings (SSSR count). The summed E-state index contributed by atoms with van der Waals surface area (Å²) in [5.41, 5.74) is 1.21. The highest BCUT2D eigenvalue weighted by Gasteiger charge is 2.20. The molecule has 0 aliphatic carbocycles. The summed E-state index contributed by atoms with van der Waals surface area (Å²) in [7, 11) is 0. The van der Waals surface area contributed by atoms with Crippen molar-refractivity contribution in [3.05, 3.63) is 54.2 Å². The molecule has 0 spiro atoms. The number of hydrogen-bond donors (Lipinski definition) is 1. The second kappa shape index (κ2) is 11.1. The maximum Gasteiger partial charge on any atom is 0.128 e. The van der Waals surface area contributed by atoms with E-state index in [4.69, 9.17) is 9.47 Å². The number of benzene rings is 1. The van der Waals surface area contributed by atoms with Gasteiger partial charge in [-0.3, -0.25) is 4.90 Å². The van der Waals surface area contributed by atoms with Gasteiger partial charge in [-0.25, -0.2) is 4.98 Å². The van der Waals surface area contributed by atoms with Crippen LogP contribution < -0.4 is 9.64 Å². The van der Waals surface area contributed by atoms with Crippen LogP contribution in [0.2, 0.25) is 0 Å². The molecule has 1 N–H and O–H groups in total. The van der Waals surface area contributed by atoms with Crippen LogP contribution in [0.1, 0.15) is 25.3 Å². The van der Waals surface area contributed by atoms with Crippen molar-refractivity contribution in [1.82, 2.24) is 9.88 Å². The highest BCUT2D eigenvalue weighted by atomic mass is 16.5. The first-order valence-electron chi connectivity index (χ1n) is 10.5. The van der Waals surface area contributed by atoms with E-state index in [1.807, 2.05) is 42.6 Å². The minimum absolute atomic E-state index is 0.329. The number of aromatic nitrogens is 1. The maximum atomic E-state index is 10.3. The average Bonchev–Trinajstić information content (AvgIpc) is 2.75. The average molecular weight is 400 g/mol. The van der Waals surface area contributed by atoms with Crippen molar-refractivity contribution < 1.29 is 14.6 Å². The first-order valence-corrected chi connectivity index (χ1v) is 10.5. The van der Waals surface area contributed by atoms with Crippen LogP contribution in [0.5, 0.6) is 5.75 Å². The zero-order valence-corrected chi connectivity index (χ0v) is 17.5. The molecular weight excluding hydrogens is 366 g/mol.